The maximum absolute atomic E-state index is 12.6. The van der Waals surface area contributed by atoms with Crippen LogP contribution >= 0.6 is 35.0 Å². The van der Waals surface area contributed by atoms with E-state index in [0.29, 0.717) is 26.5 Å². The number of rotatable bonds is 5. The summed E-state index contributed by atoms with van der Waals surface area (Å²) in [6.07, 6.45) is 0.245. The number of tetrazole rings is 1. The van der Waals surface area contributed by atoms with E-state index in [1.54, 1.807) is 36.4 Å². The standard InChI is InChI=1S/C17H11Cl2N5O2S/c18-10-1-3-11(4-2-10)24-17(21-22-23-24)27-8-15(25)12-5-9-6-16(26)20-14(9)7-13(12)19/h1-5,7H,6,8H2,(H,20,26). The van der Waals surface area contributed by atoms with Crippen LogP contribution in [0.1, 0.15) is 15.9 Å². The van der Waals surface area contributed by atoms with Crippen LogP contribution in [0.3, 0.4) is 0 Å². The minimum absolute atomic E-state index is 0.105. The van der Waals surface area contributed by atoms with Crippen LogP contribution < -0.4 is 5.32 Å². The number of hydrogen-bond donors (Lipinski definition) is 1. The summed E-state index contributed by atoms with van der Waals surface area (Å²) in [6, 6.07) is 10.3. The SMILES string of the molecule is O=C1Cc2cc(C(=O)CSc3nnnn3-c3ccc(Cl)cc3)c(Cl)cc2N1. The van der Waals surface area contributed by atoms with Crippen molar-refractivity contribution in [1.82, 2.24) is 20.2 Å². The average molecular weight is 420 g/mol. The number of halogens is 2. The zero-order chi connectivity index (χ0) is 19.0. The minimum Gasteiger partial charge on any atom is -0.325 e. The van der Waals surface area contributed by atoms with E-state index in [-0.39, 0.29) is 23.9 Å². The molecular formula is C17H11Cl2N5O2S. The van der Waals surface area contributed by atoms with Gasteiger partial charge < -0.3 is 5.32 Å². The summed E-state index contributed by atoms with van der Waals surface area (Å²) >= 11 is 13.3. The lowest BCUT2D eigenvalue weighted by Gasteiger charge is -2.07. The molecule has 1 aromatic heterocycles. The van der Waals surface area contributed by atoms with Crippen molar-refractivity contribution in [2.75, 3.05) is 11.1 Å². The summed E-state index contributed by atoms with van der Waals surface area (Å²) in [7, 11) is 0. The largest absolute Gasteiger partial charge is 0.325 e. The van der Waals surface area contributed by atoms with Crippen molar-refractivity contribution in [2.24, 2.45) is 0 Å². The molecule has 3 aromatic rings. The van der Waals surface area contributed by atoms with Crippen LogP contribution in [-0.4, -0.2) is 37.7 Å². The number of carbonyl (C=O) groups excluding carboxylic acids is 2. The second-order valence-electron chi connectivity index (χ2n) is 5.78. The number of anilines is 1. The number of benzene rings is 2. The van der Waals surface area contributed by atoms with Crippen LogP contribution in [0.15, 0.2) is 41.6 Å². The smallest absolute Gasteiger partial charge is 0.228 e. The maximum atomic E-state index is 12.6. The molecule has 0 saturated carbocycles. The van der Waals surface area contributed by atoms with Crippen LogP contribution in [0.5, 0.6) is 0 Å². The molecule has 2 heterocycles. The Hall–Kier alpha value is -2.42. The molecular weight excluding hydrogens is 409 g/mol. The number of nitrogens with one attached hydrogen (secondary N) is 1. The van der Waals surface area contributed by atoms with E-state index in [1.165, 1.54) is 16.4 Å². The molecule has 0 fully saturated rings. The van der Waals surface area contributed by atoms with Crippen molar-refractivity contribution >= 4 is 52.3 Å². The number of amides is 1. The molecule has 0 aliphatic carbocycles. The molecule has 1 aliphatic rings. The van der Waals surface area contributed by atoms with Crippen molar-refractivity contribution in [1.29, 1.82) is 0 Å². The second kappa shape index (κ2) is 7.30. The van der Waals surface area contributed by atoms with Gasteiger partial charge in [0.15, 0.2) is 5.78 Å². The molecule has 27 heavy (non-hydrogen) atoms. The Kier molecular flexibility index (Phi) is 4.86. The predicted molar refractivity (Wildman–Crippen MR) is 103 cm³/mol. The first kappa shape index (κ1) is 18.0. The molecule has 4 rings (SSSR count). The van der Waals surface area contributed by atoms with Crippen LogP contribution in [0, 0.1) is 0 Å². The van der Waals surface area contributed by atoms with Crippen molar-refractivity contribution in [3.05, 3.63) is 57.6 Å². The van der Waals surface area contributed by atoms with Crippen LogP contribution in [0.25, 0.3) is 5.69 Å². The van der Waals surface area contributed by atoms with Crippen LogP contribution in [0.2, 0.25) is 10.0 Å². The molecule has 1 amide bonds. The summed E-state index contributed by atoms with van der Waals surface area (Å²) in [5.74, 6) is -0.173. The van der Waals surface area contributed by atoms with Crippen molar-refractivity contribution in [3.63, 3.8) is 0 Å². The Morgan fingerprint density at radius 1 is 1.22 bits per heavy atom. The van der Waals surface area contributed by atoms with E-state index < -0.39 is 0 Å². The van der Waals surface area contributed by atoms with Crippen molar-refractivity contribution in [2.45, 2.75) is 11.6 Å². The molecule has 10 heteroatoms. The summed E-state index contributed by atoms with van der Waals surface area (Å²) < 4.78 is 1.53. The quantitative estimate of drug-likeness (QED) is 0.503. The van der Waals surface area contributed by atoms with Gasteiger partial charge in [-0.1, -0.05) is 35.0 Å². The number of ketones is 1. The summed E-state index contributed by atoms with van der Waals surface area (Å²) in [6.45, 7) is 0. The normalized spacial score (nSPS) is 12.7. The van der Waals surface area contributed by atoms with Gasteiger partial charge in [-0.2, -0.15) is 4.68 Å². The zero-order valence-corrected chi connectivity index (χ0v) is 16.0. The molecule has 1 N–H and O–H groups in total. The Morgan fingerprint density at radius 3 is 2.78 bits per heavy atom. The monoisotopic (exact) mass is 419 g/mol. The predicted octanol–water partition coefficient (Wildman–Crippen LogP) is 3.44. The molecule has 0 unspecified atom stereocenters. The van der Waals surface area contributed by atoms with Gasteiger partial charge in [-0.25, -0.2) is 0 Å². The van der Waals surface area contributed by atoms with Crippen molar-refractivity contribution < 1.29 is 9.59 Å². The zero-order valence-electron chi connectivity index (χ0n) is 13.6. The molecule has 0 radical (unpaired) electrons. The van der Waals surface area contributed by atoms with Gasteiger partial charge in [-0.3, -0.25) is 9.59 Å². The fourth-order valence-electron chi connectivity index (χ4n) is 2.68. The molecule has 0 atom stereocenters. The molecule has 0 bridgehead atoms. The van der Waals surface area contributed by atoms with E-state index >= 15 is 0 Å². The molecule has 1 aliphatic heterocycles. The van der Waals surface area contributed by atoms with Crippen LogP contribution in [0.4, 0.5) is 5.69 Å². The first-order valence-corrected chi connectivity index (χ1v) is 9.58. The molecule has 0 saturated heterocycles. The number of fused-ring (bicyclic) bond motifs is 1. The van der Waals surface area contributed by atoms with Gasteiger partial charge in [-0.15, -0.1) is 5.10 Å². The summed E-state index contributed by atoms with van der Waals surface area (Å²) in [5.41, 5.74) is 2.54. The lowest BCUT2D eigenvalue weighted by Crippen LogP contribution is -2.06. The summed E-state index contributed by atoms with van der Waals surface area (Å²) in [4.78, 5) is 24.1. The topological polar surface area (TPSA) is 89.8 Å². The van der Waals surface area contributed by atoms with Gasteiger partial charge in [-0.05, 0) is 52.4 Å². The van der Waals surface area contributed by atoms with Crippen molar-refractivity contribution in [3.8, 4) is 5.69 Å². The highest BCUT2D eigenvalue weighted by Crippen LogP contribution is 2.31. The maximum Gasteiger partial charge on any atom is 0.228 e. The Labute approximate surface area is 168 Å². The highest BCUT2D eigenvalue weighted by molar-refractivity contribution is 7.99. The van der Waals surface area contributed by atoms with Gasteiger partial charge in [0.2, 0.25) is 11.1 Å². The molecule has 7 nitrogen and oxygen atoms in total. The fraction of sp³-hybridized carbons (Fsp3) is 0.118. The third-order valence-electron chi connectivity index (χ3n) is 3.96. The van der Waals surface area contributed by atoms with Gasteiger partial charge >= 0.3 is 0 Å². The third-order valence-corrected chi connectivity index (χ3v) is 5.45. The number of nitrogens with zero attached hydrogens (tertiary/aromatic N) is 4. The average Bonchev–Trinajstić information content (AvgIpc) is 3.25. The highest BCUT2D eigenvalue weighted by atomic mass is 35.5. The van der Waals surface area contributed by atoms with Gasteiger partial charge in [0.25, 0.3) is 0 Å². The van der Waals surface area contributed by atoms with Gasteiger partial charge in [0.1, 0.15) is 0 Å². The Bertz CT molecular complexity index is 1050. The number of aromatic nitrogens is 4. The van der Waals surface area contributed by atoms with E-state index in [4.69, 9.17) is 23.2 Å². The first-order valence-electron chi connectivity index (χ1n) is 7.84. The van der Waals surface area contributed by atoms with Crippen LogP contribution in [-0.2, 0) is 11.2 Å². The first-order chi connectivity index (χ1) is 13.0. The molecule has 136 valence electrons. The lowest BCUT2D eigenvalue weighted by molar-refractivity contribution is -0.115. The Morgan fingerprint density at radius 2 is 2.00 bits per heavy atom. The van der Waals surface area contributed by atoms with E-state index in [2.05, 4.69) is 20.8 Å². The fourth-order valence-corrected chi connectivity index (χ4v) is 3.85. The van der Waals surface area contributed by atoms with E-state index in [0.717, 1.165) is 11.3 Å². The van der Waals surface area contributed by atoms with E-state index in [1.807, 2.05) is 0 Å². The number of thioether (sulfide) groups is 1. The number of hydrogen-bond acceptors (Lipinski definition) is 6. The Balaban J connectivity index is 1.51. The second-order valence-corrected chi connectivity index (χ2v) is 7.56. The number of Topliss-reactive ketones (excluding diaryl/α,β-unsaturated/α-hetero) is 1. The third kappa shape index (κ3) is 3.69. The summed E-state index contributed by atoms with van der Waals surface area (Å²) in [5, 5.41) is 15.7. The minimum atomic E-state index is -0.169. The molecule has 0 spiro atoms. The number of carbonyl (C=O) groups is 2. The molecule has 2 aromatic carbocycles. The van der Waals surface area contributed by atoms with Gasteiger partial charge in [0, 0.05) is 16.3 Å². The van der Waals surface area contributed by atoms with Gasteiger partial charge in [0.05, 0.1) is 22.9 Å². The van der Waals surface area contributed by atoms with E-state index in [9.17, 15) is 9.59 Å². The highest BCUT2D eigenvalue weighted by Gasteiger charge is 2.22. The lowest BCUT2D eigenvalue weighted by atomic mass is 10.1.